The lowest BCUT2D eigenvalue weighted by molar-refractivity contribution is -0.126. The predicted octanol–water partition coefficient (Wildman–Crippen LogP) is 1.92. The van der Waals surface area contributed by atoms with Gasteiger partial charge in [0.05, 0.1) is 0 Å². The lowest BCUT2D eigenvalue weighted by Crippen LogP contribution is -2.49. The van der Waals surface area contributed by atoms with Crippen molar-refractivity contribution in [2.24, 2.45) is 0 Å². The molecular weight excluding hydrogens is 332 g/mol. The van der Waals surface area contributed by atoms with Gasteiger partial charge in [-0.1, -0.05) is 6.07 Å². The van der Waals surface area contributed by atoms with Crippen molar-refractivity contribution in [1.29, 1.82) is 0 Å². The Bertz CT molecular complexity index is 684. The van der Waals surface area contributed by atoms with Crippen LogP contribution in [0, 0.1) is 11.6 Å². The van der Waals surface area contributed by atoms with E-state index in [0.717, 1.165) is 30.5 Å². The van der Waals surface area contributed by atoms with Gasteiger partial charge in [-0.25, -0.2) is 17.2 Å². The topological polar surface area (TPSA) is 54.5 Å². The van der Waals surface area contributed by atoms with Gasteiger partial charge in [0, 0.05) is 35.9 Å². The molecule has 22 heavy (non-hydrogen) atoms. The molecular formula is C14H15F2NO3S2. The molecule has 0 aromatic heterocycles. The van der Waals surface area contributed by atoms with E-state index in [1.807, 2.05) is 0 Å². The van der Waals surface area contributed by atoms with E-state index in [9.17, 15) is 22.0 Å². The molecule has 0 bridgehead atoms. The fourth-order valence-electron chi connectivity index (χ4n) is 2.11. The number of carbonyl (C=O) groups excluding carboxylic acids is 1. The number of rotatable bonds is 3. The molecule has 4 nitrogen and oxygen atoms in total. The quantitative estimate of drug-likeness (QED) is 0.784. The van der Waals surface area contributed by atoms with Crippen LogP contribution in [0.4, 0.5) is 8.78 Å². The Morgan fingerprint density at radius 2 is 2.00 bits per heavy atom. The number of halogens is 2. The summed E-state index contributed by atoms with van der Waals surface area (Å²) in [6, 6.07) is 3.40. The second-order valence-electron chi connectivity index (χ2n) is 4.86. The highest BCUT2D eigenvalue weighted by molar-refractivity contribution is 8.00. The number of thioether (sulfide) groups is 1. The normalized spacial score (nSPS) is 19.6. The first kappa shape index (κ1) is 17.0. The zero-order valence-corrected chi connectivity index (χ0v) is 13.5. The van der Waals surface area contributed by atoms with Crippen molar-refractivity contribution in [3.05, 3.63) is 41.5 Å². The highest BCUT2D eigenvalue weighted by Gasteiger charge is 2.33. The Balaban J connectivity index is 2.22. The largest absolute Gasteiger partial charge is 0.320 e. The van der Waals surface area contributed by atoms with E-state index in [1.54, 1.807) is 0 Å². The van der Waals surface area contributed by atoms with Crippen LogP contribution in [0.5, 0.6) is 0 Å². The van der Waals surface area contributed by atoms with Crippen LogP contribution in [0.2, 0.25) is 0 Å². The van der Waals surface area contributed by atoms with Gasteiger partial charge in [-0.2, -0.15) is 11.8 Å². The molecule has 0 saturated carbocycles. The summed E-state index contributed by atoms with van der Waals surface area (Å²) in [4.78, 5) is 13.4. The minimum atomic E-state index is -3.42. The summed E-state index contributed by atoms with van der Waals surface area (Å²) in [6.07, 6.45) is 3.12. The molecule has 1 saturated heterocycles. The molecule has 0 spiro atoms. The molecule has 2 rings (SSSR count). The molecule has 1 aliphatic heterocycles. The lowest BCUT2D eigenvalue weighted by Gasteiger charge is -2.33. The Hall–Kier alpha value is -1.41. The third-order valence-corrected chi connectivity index (χ3v) is 5.90. The number of benzene rings is 1. The standard InChI is InChI=1S/C14H15F2NO3S2/c1-22(19,20)14-9-21-8-7-17(14)13(18)6-5-10-11(15)3-2-4-12(10)16/h2-6,14H,7-9H2,1H3/b6-5+/t14-/m0/s1. The molecule has 1 amide bonds. The number of sulfone groups is 1. The molecule has 1 aromatic rings. The van der Waals surface area contributed by atoms with Crippen LogP contribution in [0.3, 0.4) is 0 Å². The first-order valence-corrected chi connectivity index (χ1v) is 9.61. The lowest BCUT2D eigenvalue weighted by atomic mass is 10.2. The van der Waals surface area contributed by atoms with Crippen molar-refractivity contribution in [3.63, 3.8) is 0 Å². The third-order valence-electron chi connectivity index (χ3n) is 3.25. The van der Waals surface area contributed by atoms with E-state index in [1.165, 1.54) is 22.7 Å². The molecule has 0 aliphatic carbocycles. The Labute approximate surface area is 132 Å². The molecule has 1 atom stereocenters. The van der Waals surface area contributed by atoms with Crippen molar-refractivity contribution in [2.75, 3.05) is 24.3 Å². The van der Waals surface area contributed by atoms with Crippen LogP contribution in [-0.4, -0.2) is 48.9 Å². The summed E-state index contributed by atoms with van der Waals surface area (Å²) in [5.41, 5.74) is -0.321. The molecule has 1 aliphatic rings. The third kappa shape index (κ3) is 3.86. The molecule has 1 heterocycles. The zero-order valence-electron chi connectivity index (χ0n) is 11.8. The molecule has 1 fully saturated rings. The average Bonchev–Trinajstić information content (AvgIpc) is 2.45. The number of carbonyl (C=O) groups is 1. The second kappa shape index (κ2) is 6.78. The highest BCUT2D eigenvalue weighted by Crippen LogP contribution is 2.21. The smallest absolute Gasteiger partial charge is 0.247 e. The first-order valence-electron chi connectivity index (χ1n) is 6.50. The molecule has 120 valence electrons. The monoisotopic (exact) mass is 347 g/mol. The Morgan fingerprint density at radius 3 is 2.59 bits per heavy atom. The van der Waals surface area contributed by atoms with Gasteiger partial charge in [0.2, 0.25) is 5.91 Å². The number of hydrogen-bond acceptors (Lipinski definition) is 4. The number of hydrogen-bond donors (Lipinski definition) is 0. The Kier molecular flexibility index (Phi) is 5.23. The van der Waals surface area contributed by atoms with Crippen LogP contribution in [0.1, 0.15) is 5.56 Å². The second-order valence-corrected chi connectivity index (χ2v) is 8.21. The molecule has 0 radical (unpaired) electrons. The summed E-state index contributed by atoms with van der Waals surface area (Å²) < 4.78 is 50.5. The summed E-state index contributed by atoms with van der Waals surface area (Å²) in [5.74, 6) is -1.21. The van der Waals surface area contributed by atoms with Gasteiger partial charge in [-0.15, -0.1) is 0 Å². The van der Waals surface area contributed by atoms with Gasteiger partial charge in [0.1, 0.15) is 17.0 Å². The van der Waals surface area contributed by atoms with Gasteiger partial charge in [0.25, 0.3) is 0 Å². The summed E-state index contributed by atoms with van der Waals surface area (Å²) in [5, 5.41) is -0.908. The highest BCUT2D eigenvalue weighted by atomic mass is 32.2. The van der Waals surface area contributed by atoms with Gasteiger partial charge in [0.15, 0.2) is 9.84 Å². The van der Waals surface area contributed by atoms with Crippen LogP contribution in [0.15, 0.2) is 24.3 Å². The van der Waals surface area contributed by atoms with Crippen molar-refractivity contribution in [1.82, 2.24) is 4.90 Å². The fraction of sp³-hybridized carbons (Fsp3) is 0.357. The minimum absolute atomic E-state index is 0.283. The molecule has 1 aromatic carbocycles. The maximum Gasteiger partial charge on any atom is 0.247 e. The van der Waals surface area contributed by atoms with Crippen LogP contribution in [0.25, 0.3) is 6.08 Å². The van der Waals surface area contributed by atoms with E-state index in [2.05, 4.69) is 0 Å². The first-order chi connectivity index (χ1) is 10.3. The molecule has 0 N–H and O–H groups in total. The van der Waals surface area contributed by atoms with Gasteiger partial charge >= 0.3 is 0 Å². The Morgan fingerprint density at radius 1 is 1.36 bits per heavy atom. The van der Waals surface area contributed by atoms with Crippen molar-refractivity contribution >= 4 is 33.6 Å². The molecule has 8 heteroatoms. The van der Waals surface area contributed by atoms with E-state index < -0.39 is 32.8 Å². The van der Waals surface area contributed by atoms with Crippen LogP contribution >= 0.6 is 11.8 Å². The van der Waals surface area contributed by atoms with E-state index in [4.69, 9.17) is 0 Å². The van der Waals surface area contributed by atoms with Gasteiger partial charge in [-0.3, -0.25) is 4.79 Å². The van der Waals surface area contributed by atoms with Crippen molar-refractivity contribution < 1.29 is 22.0 Å². The maximum absolute atomic E-state index is 13.5. The van der Waals surface area contributed by atoms with Crippen molar-refractivity contribution in [2.45, 2.75) is 5.37 Å². The number of nitrogens with zero attached hydrogens (tertiary/aromatic N) is 1. The van der Waals surface area contributed by atoms with Gasteiger partial charge in [-0.05, 0) is 18.2 Å². The van der Waals surface area contributed by atoms with Crippen molar-refractivity contribution in [3.8, 4) is 0 Å². The zero-order chi connectivity index (χ0) is 16.3. The predicted molar refractivity (Wildman–Crippen MR) is 83.1 cm³/mol. The van der Waals surface area contributed by atoms with Gasteiger partial charge < -0.3 is 4.90 Å². The summed E-state index contributed by atoms with van der Waals surface area (Å²) >= 11 is 1.45. The maximum atomic E-state index is 13.5. The van der Waals surface area contributed by atoms with E-state index >= 15 is 0 Å². The summed E-state index contributed by atoms with van der Waals surface area (Å²) in [7, 11) is -3.42. The van der Waals surface area contributed by atoms with E-state index in [-0.39, 0.29) is 12.1 Å². The van der Waals surface area contributed by atoms with Crippen LogP contribution in [-0.2, 0) is 14.6 Å². The average molecular weight is 347 g/mol. The van der Waals surface area contributed by atoms with E-state index in [0.29, 0.717) is 11.5 Å². The summed E-state index contributed by atoms with van der Waals surface area (Å²) in [6.45, 7) is 0.283. The minimum Gasteiger partial charge on any atom is -0.320 e. The SMILES string of the molecule is CS(=O)(=O)[C@H]1CSCCN1C(=O)/C=C/c1c(F)cccc1F. The molecule has 0 unspecified atom stereocenters. The fourth-order valence-corrected chi connectivity index (χ4v) is 4.93. The van der Waals surface area contributed by atoms with Crippen LogP contribution < -0.4 is 0 Å². The number of amides is 1.